The molecule has 0 bridgehead atoms. The van der Waals surface area contributed by atoms with Gasteiger partial charge in [-0.1, -0.05) is 47.6 Å². The molecule has 19 heavy (non-hydrogen) atoms. The summed E-state index contributed by atoms with van der Waals surface area (Å²) in [7, 11) is 1.66. The Morgan fingerprint density at radius 3 is 2.47 bits per heavy atom. The predicted molar refractivity (Wildman–Crippen MR) is 74.4 cm³/mol. The average molecular weight is 253 g/mol. The van der Waals surface area contributed by atoms with E-state index in [1.54, 1.807) is 7.11 Å². The highest BCUT2D eigenvalue weighted by Crippen LogP contribution is 2.30. The Hall–Kier alpha value is -2.29. The molecule has 1 atom stereocenters. The van der Waals surface area contributed by atoms with E-state index >= 15 is 0 Å². The van der Waals surface area contributed by atoms with E-state index in [0.717, 1.165) is 29.0 Å². The highest BCUT2D eigenvalue weighted by atomic mass is 16.6. The highest BCUT2D eigenvalue weighted by molar-refractivity contribution is 6.01. The molecule has 0 amide bonds. The number of ether oxygens (including phenoxy) is 1. The normalized spacial score (nSPS) is 17.7. The minimum Gasteiger partial charge on any atom is -0.497 e. The Kier molecular flexibility index (Phi) is 3.19. The van der Waals surface area contributed by atoms with Crippen molar-refractivity contribution in [3.05, 3.63) is 65.7 Å². The third-order valence-electron chi connectivity index (χ3n) is 3.26. The molecular weight excluding hydrogens is 238 g/mol. The molecule has 0 spiro atoms. The fraction of sp³-hybridized carbons (Fsp3) is 0.188. The van der Waals surface area contributed by atoms with E-state index in [4.69, 9.17) is 9.57 Å². The van der Waals surface area contributed by atoms with E-state index < -0.39 is 0 Å². The van der Waals surface area contributed by atoms with E-state index in [-0.39, 0.29) is 6.10 Å². The van der Waals surface area contributed by atoms with Gasteiger partial charge in [-0.2, -0.15) is 0 Å². The molecule has 3 nitrogen and oxygen atoms in total. The van der Waals surface area contributed by atoms with Crippen LogP contribution in [-0.4, -0.2) is 12.8 Å². The summed E-state index contributed by atoms with van der Waals surface area (Å²) in [6.45, 7) is 0. The molecule has 0 N–H and O–H groups in total. The van der Waals surface area contributed by atoms with Crippen LogP contribution in [0.2, 0.25) is 0 Å². The second-order valence-corrected chi connectivity index (χ2v) is 4.48. The Morgan fingerprint density at radius 2 is 1.79 bits per heavy atom. The van der Waals surface area contributed by atoms with Crippen molar-refractivity contribution < 1.29 is 9.57 Å². The van der Waals surface area contributed by atoms with Gasteiger partial charge in [-0.25, -0.2) is 0 Å². The zero-order valence-corrected chi connectivity index (χ0v) is 10.7. The fourth-order valence-electron chi connectivity index (χ4n) is 2.18. The van der Waals surface area contributed by atoms with Crippen LogP contribution >= 0.6 is 0 Å². The van der Waals surface area contributed by atoms with Crippen LogP contribution in [0.5, 0.6) is 5.75 Å². The van der Waals surface area contributed by atoms with Gasteiger partial charge in [-0.3, -0.25) is 0 Å². The maximum atomic E-state index is 5.53. The average Bonchev–Trinajstić information content (AvgIpc) is 2.98. The summed E-state index contributed by atoms with van der Waals surface area (Å²) in [5.41, 5.74) is 3.25. The summed E-state index contributed by atoms with van der Waals surface area (Å²) in [4.78, 5) is 5.53. The van der Waals surface area contributed by atoms with Crippen molar-refractivity contribution in [2.75, 3.05) is 7.11 Å². The number of hydrogen-bond donors (Lipinski definition) is 0. The lowest BCUT2D eigenvalue weighted by Gasteiger charge is -2.09. The lowest BCUT2D eigenvalue weighted by molar-refractivity contribution is 0.0857. The quantitative estimate of drug-likeness (QED) is 0.837. The van der Waals surface area contributed by atoms with Crippen LogP contribution in [0.1, 0.15) is 23.7 Å². The second kappa shape index (κ2) is 5.14. The van der Waals surface area contributed by atoms with Gasteiger partial charge < -0.3 is 9.57 Å². The Balaban J connectivity index is 1.73. The van der Waals surface area contributed by atoms with Crippen LogP contribution in [0.4, 0.5) is 0 Å². The van der Waals surface area contributed by atoms with E-state index in [2.05, 4.69) is 17.3 Å². The highest BCUT2D eigenvalue weighted by Gasteiger charge is 2.23. The summed E-state index contributed by atoms with van der Waals surface area (Å²) >= 11 is 0. The summed E-state index contributed by atoms with van der Waals surface area (Å²) in [6.07, 6.45) is 0.803. The Morgan fingerprint density at radius 1 is 1.05 bits per heavy atom. The number of hydrogen-bond acceptors (Lipinski definition) is 3. The molecule has 0 saturated heterocycles. The fourth-order valence-corrected chi connectivity index (χ4v) is 2.18. The zero-order valence-electron chi connectivity index (χ0n) is 10.7. The molecular formula is C16H15NO2. The topological polar surface area (TPSA) is 30.8 Å². The third kappa shape index (κ3) is 2.45. The van der Waals surface area contributed by atoms with Crippen molar-refractivity contribution in [1.29, 1.82) is 0 Å². The van der Waals surface area contributed by atoms with Gasteiger partial charge in [0.1, 0.15) is 5.75 Å². The van der Waals surface area contributed by atoms with E-state index in [0.29, 0.717) is 0 Å². The van der Waals surface area contributed by atoms with Crippen molar-refractivity contribution in [2.24, 2.45) is 5.16 Å². The van der Waals surface area contributed by atoms with Gasteiger partial charge in [0.2, 0.25) is 0 Å². The van der Waals surface area contributed by atoms with Crippen LogP contribution in [-0.2, 0) is 4.84 Å². The monoisotopic (exact) mass is 253 g/mol. The van der Waals surface area contributed by atoms with Crippen molar-refractivity contribution in [1.82, 2.24) is 0 Å². The van der Waals surface area contributed by atoms with Gasteiger partial charge in [0.15, 0.2) is 6.10 Å². The number of methoxy groups -OCH3 is 1. The van der Waals surface area contributed by atoms with Crippen LogP contribution in [0.3, 0.4) is 0 Å². The number of benzene rings is 2. The molecule has 0 aliphatic carbocycles. The maximum absolute atomic E-state index is 5.53. The minimum atomic E-state index is 0.00103. The lowest BCUT2D eigenvalue weighted by atomic mass is 10.0. The number of oxime groups is 1. The van der Waals surface area contributed by atoms with E-state index in [1.165, 1.54) is 0 Å². The Labute approximate surface area is 112 Å². The van der Waals surface area contributed by atoms with Crippen molar-refractivity contribution in [3.8, 4) is 5.75 Å². The van der Waals surface area contributed by atoms with Gasteiger partial charge >= 0.3 is 0 Å². The van der Waals surface area contributed by atoms with Crippen LogP contribution in [0.15, 0.2) is 59.8 Å². The van der Waals surface area contributed by atoms with E-state index in [9.17, 15) is 0 Å². The number of rotatable bonds is 3. The van der Waals surface area contributed by atoms with Crippen molar-refractivity contribution in [2.45, 2.75) is 12.5 Å². The zero-order chi connectivity index (χ0) is 13.1. The molecule has 1 aliphatic heterocycles. The summed E-state index contributed by atoms with van der Waals surface area (Å²) < 4.78 is 5.15. The second-order valence-electron chi connectivity index (χ2n) is 4.48. The first-order chi connectivity index (χ1) is 9.36. The Bertz CT molecular complexity index is 575. The number of nitrogens with zero attached hydrogens (tertiary/aromatic N) is 1. The molecule has 1 unspecified atom stereocenters. The van der Waals surface area contributed by atoms with Gasteiger partial charge in [-0.05, 0) is 23.3 Å². The molecule has 0 radical (unpaired) electrons. The van der Waals surface area contributed by atoms with Gasteiger partial charge in [0.25, 0.3) is 0 Å². The minimum absolute atomic E-state index is 0.00103. The van der Waals surface area contributed by atoms with Crippen molar-refractivity contribution in [3.63, 3.8) is 0 Å². The molecule has 0 fully saturated rings. The molecule has 0 aromatic heterocycles. The lowest BCUT2D eigenvalue weighted by Crippen LogP contribution is -2.01. The van der Waals surface area contributed by atoms with Gasteiger partial charge in [0.05, 0.1) is 12.8 Å². The first-order valence-electron chi connectivity index (χ1n) is 6.29. The van der Waals surface area contributed by atoms with Crippen LogP contribution < -0.4 is 4.74 Å². The first-order valence-corrected chi connectivity index (χ1v) is 6.29. The van der Waals surface area contributed by atoms with E-state index in [1.807, 2.05) is 42.5 Å². The standard InChI is InChI=1S/C16H15NO2/c1-18-14-9-7-13(8-10-14)16-11-15(17-19-16)12-5-3-2-4-6-12/h2-10,16H,11H2,1H3. The third-order valence-corrected chi connectivity index (χ3v) is 3.26. The molecule has 2 aromatic carbocycles. The van der Waals surface area contributed by atoms with Crippen LogP contribution in [0.25, 0.3) is 0 Å². The molecule has 3 rings (SSSR count). The summed E-state index contributed by atoms with van der Waals surface area (Å²) in [6, 6.07) is 18.1. The molecule has 3 heteroatoms. The predicted octanol–water partition coefficient (Wildman–Crippen LogP) is 3.56. The summed E-state index contributed by atoms with van der Waals surface area (Å²) in [5, 5.41) is 4.19. The van der Waals surface area contributed by atoms with Crippen LogP contribution in [0, 0.1) is 0 Å². The molecule has 1 aliphatic rings. The maximum Gasteiger partial charge on any atom is 0.158 e. The summed E-state index contributed by atoms with van der Waals surface area (Å²) in [5.74, 6) is 0.853. The molecule has 1 heterocycles. The van der Waals surface area contributed by atoms with Gasteiger partial charge in [0, 0.05) is 6.42 Å². The van der Waals surface area contributed by atoms with Gasteiger partial charge in [-0.15, -0.1) is 0 Å². The molecule has 96 valence electrons. The molecule has 2 aromatic rings. The smallest absolute Gasteiger partial charge is 0.158 e. The molecule has 0 saturated carbocycles. The largest absolute Gasteiger partial charge is 0.497 e. The van der Waals surface area contributed by atoms with Crippen molar-refractivity contribution >= 4 is 5.71 Å². The SMILES string of the molecule is COc1ccc(C2CC(c3ccccc3)=NO2)cc1. The first kappa shape index (κ1) is 11.8.